The molecule has 2 N–H and O–H groups in total. The predicted octanol–water partition coefficient (Wildman–Crippen LogP) is 5.67. The van der Waals surface area contributed by atoms with E-state index in [0.717, 1.165) is 24.0 Å². The SMILES string of the molecule is CCCC(NC(=O)N1C(=O)C(CC)(CC)C1Oc1ccc(C(=O)NC(C)C(C)N(C)C)cc1)c1ccc(C)cc1. The van der Waals surface area contributed by atoms with Gasteiger partial charge in [0, 0.05) is 17.6 Å². The van der Waals surface area contributed by atoms with Crippen molar-refractivity contribution < 1.29 is 19.1 Å². The van der Waals surface area contributed by atoms with Gasteiger partial charge in [-0.15, -0.1) is 0 Å². The minimum Gasteiger partial charge on any atom is -0.469 e. The Balaban J connectivity index is 1.76. The second-order valence-electron chi connectivity index (χ2n) is 11.2. The maximum atomic E-state index is 13.5. The molecule has 1 heterocycles. The van der Waals surface area contributed by atoms with E-state index in [1.807, 2.05) is 66.1 Å². The number of carbonyl (C=O) groups is 3. The molecule has 2 aromatic carbocycles. The summed E-state index contributed by atoms with van der Waals surface area (Å²) in [5, 5.41) is 6.11. The monoisotopic (exact) mass is 550 g/mol. The summed E-state index contributed by atoms with van der Waals surface area (Å²) in [4.78, 5) is 42.9. The average Bonchev–Trinajstić information content (AvgIpc) is 2.93. The highest BCUT2D eigenvalue weighted by Crippen LogP contribution is 2.46. The minimum absolute atomic E-state index is 0.0299. The van der Waals surface area contributed by atoms with E-state index in [9.17, 15) is 14.4 Å². The second kappa shape index (κ2) is 13.3. The minimum atomic E-state index is -0.782. The van der Waals surface area contributed by atoms with Gasteiger partial charge in [0.15, 0.2) is 6.23 Å². The molecule has 4 atom stereocenters. The lowest BCUT2D eigenvalue weighted by atomic mass is 9.72. The van der Waals surface area contributed by atoms with Gasteiger partial charge in [0.05, 0.1) is 6.04 Å². The molecule has 8 nitrogen and oxygen atoms in total. The number of aryl methyl sites for hydroxylation is 1. The molecular formula is C32H46N4O4. The van der Waals surface area contributed by atoms with E-state index in [2.05, 4.69) is 29.4 Å². The third-order valence-corrected chi connectivity index (χ3v) is 8.45. The van der Waals surface area contributed by atoms with Crippen LogP contribution in [0.25, 0.3) is 0 Å². The molecule has 1 saturated heterocycles. The van der Waals surface area contributed by atoms with Crippen molar-refractivity contribution in [2.24, 2.45) is 5.41 Å². The summed E-state index contributed by atoms with van der Waals surface area (Å²) < 4.78 is 6.31. The van der Waals surface area contributed by atoms with Gasteiger partial charge in [0.25, 0.3) is 5.91 Å². The number of ether oxygens (including phenoxy) is 1. The van der Waals surface area contributed by atoms with Gasteiger partial charge in [-0.25, -0.2) is 9.69 Å². The molecule has 0 bridgehead atoms. The Bertz CT molecular complexity index is 1160. The van der Waals surface area contributed by atoms with Gasteiger partial charge in [-0.3, -0.25) is 9.59 Å². The van der Waals surface area contributed by atoms with Crippen LogP contribution in [0.5, 0.6) is 5.75 Å². The van der Waals surface area contributed by atoms with Crippen molar-refractivity contribution in [2.75, 3.05) is 14.1 Å². The smallest absolute Gasteiger partial charge is 0.327 e. The number of likely N-dealkylation sites (tertiary alicyclic amines) is 1. The lowest BCUT2D eigenvalue weighted by molar-refractivity contribution is -0.191. The van der Waals surface area contributed by atoms with Crippen molar-refractivity contribution in [1.29, 1.82) is 0 Å². The Morgan fingerprint density at radius 1 is 0.975 bits per heavy atom. The molecule has 1 fully saturated rings. The van der Waals surface area contributed by atoms with Crippen molar-refractivity contribution >= 4 is 17.8 Å². The van der Waals surface area contributed by atoms with Crippen molar-refractivity contribution in [3.63, 3.8) is 0 Å². The number of carbonyl (C=O) groups excluding carboxylic acids is 3. The first-order chi connectivity index (χ1) is 19.0. The van der Waals surface area contributed by atoms with Gasteiger partial charge in [-0.05, 0) is 84.0 Å². The zero-order valence-corrected chi connectivity index (χ0v) is 25.3. The number of hydrogen-bond donors (Lipinski definition) is 2. The van der Waals surface area contributed by atoms with E-state index in [1.165, 1.54) is 4.90 Å². The number of benzene rings is 2. The van der Waals surface area contributed by atoms with Crippen molar-refractivity contribution in [2.45, 2.75) is 91.6 Å². The summed E-state index contributed by atoms with van der Waals surface area (Å²) in [6.45, 7) is 12.0. The van der Waals surface area contributed by atoms with Gasteiger partial charge in [0.2, 0.25) is 5.91 Å². The lowest BCUT2D eigenvalue weighted by Gasteiger charge is -2.53. The van der Waals surface area contributed by atoms with E-state index in [0.29, 0.717) is 24.2 Å². The number of hydrogen-bond acceptors (Lipinski definition) is 5. The summed E-state index contributed by atoms with van der Waals surface area (Å²) in [5.74, 6) is 0.109. The van der Waals surface area contributed by atoms with Gasteiger partial charge in [0.1, 0.15) is 11.2 Å². The predicted molar refractivity (Wildman–Crippen MR) is 158 cm³/mol. The molecule has 218 valence electrons. The Morgan fingerprint density at radius 2 is 1.57 bits per heavy atom. The number of nitrogens with one attached hydrogen (secondary N) is 2. The molecule has 1 aliphatic rings. The second-order valence-corrected chi connectivity index (χ2v) is 11.2. The standard InChI is InChI=1S/C32H46N4O4/c1-9-12-27(24-15-13-21(4)14-16-24)34-31(39)36-29(38)32(10-2,11-3)30(36)40-26-19-17-25(18-20-26)28(37)33-22(5)23(6)35(7)8/h13-20,22-23,27,30H,9-12H2,1-8H3,(H,33,37)(H,34,39). The Kier molecular flexibility index (Phi) is 10.4. The van der Waals surface area contributed by atoms with Gasteiger partial charge in [-0.1, -0.05) is 57.0 Å². The Morgan fingerprint density at radius 3 is 2.10 bits per heavy atom. The average molecular weight is 551 g/mol. The highest BCUT2D eigenvalue weighted by atomic mass is 16.5. The Hall–Kier alpha value is -3.39. The Labute approximate surface area is 239 Å². The number of urea groups is 1. The maximum absolute atomic E-state index is 13.5. The van der Waals surface area contributed by atoms with E-state index in [-0.39, 0.29) is 29.9 Å². The summed E-state index contributed by atoms with van der Waals surface area (Å²) in [6, 6.07) is 14.4. The molecular weight excluding hydrogens is 504 g/mol. The van der Waals surface area contributed by atoms with Gasteiger partial charge >= 0.3 is 6.03 Å². The topological polar surface area (TPSA) is 91.0 Å². The van der Waals surface area contributed by atoms with E-state index in [1.54, 1.807) is 24.3 Å². The van der Waals surface area contributed by atoms with Crippen molar-refractivity contribution in [3.05, 3.63) is 65.2 Å². The van der Waals surface area contributed by atoms with E-state index >= 15 is 0 Å². The number of likely N-dealkylation sites (N-methyl/N-ethyl adjacent to an activating group) is 1. The van der Waals surface area contributed by atoms with Crippen molar-refractivity contribution in [3.8, 4) is 5.75 Å². The third kappa shape index (κ3) is 6.49. The van der Waals surface area contributed by atoms with Crippen LogP contribution in [-0.4, -0.2) is 60.1 Å². The fourth-order valence-electron chi connectivity index (χ4n) is 5.20. The summed E-state index contributed by atoms with van der Waals surface area (Å²) in [7, 11) is 3.96. The van der Waals surface area contributed by atoms with Crippen LogP contribution in [0.3, 0.4) is 0 Å². The molecule has 4 unspecified atom stereocenters. The van der Waals surface area contributed by atoms with Crippen LogP contribution in [0.1, 0.15) is 87.8 Å². The van der Waals surface area contributed by atoms with Crippen LogP contribution in [0.2, 0.25) is 0 Å². The number of amides is 4. The quantitative estimate of drug-likeness (QED) is 0.333. The highest BCUT2D eigenvalue weighted by Gasteiger charge is 2.63. The summed E-state index contributed by atoms with van der Waals surface area (Å²) >= 11 is 0. The fourth-order valence-corrected chi connectivity index (χ4v) is 5.20. The van der Waals surface area contributed by atoms with Gasteiger partial charge < -0.3 is 20.3 Å². The maximum Gasteiger partial charge on any atom is 0.327 e. The highest BCUT2D eigenvalue weighted by molar-refractivity contribution is 6.03. The molecule has 40 heavy (non-hydrogen) atoms. The van der Waals surface area contributed by atoms with Crippen LogP contribution in [0.15, 0.2) is 48.5 Å². The lowest BCUT2D eigenvalue weighted by Crippen LogP contribution is -2.73. The van der Waals surface area contributed by atoms with Crippen LogP contribution >= 0.6 is 0 Å². The zero-order chi connectivity index (χ0) is 29.6. The van der Waals surface area contributed by atoms with E-state index < -0.39 is 17.7 Å². The first-order valence-electron chi connectivity index (χ1n) is 14.4. The molecule has 0 spiro atoms. The molecule has 0 aromatic heterocycles. The molecule has 2 aromatic rings. The molecule has 3 rings (SSSR count). The number of nitrogens with zero attached hydrogens (tertiary/aromatic N) is 2. The van der Waals surface area contributed by atoms with Crippen molar-refractivity contribution in [1.82, 2.24) is 20.4 Å². The largest absolute Gasteiger partial charge is 0.469 e. The fraction of sp³-hybridized carbons (Fsp3) is 0.531. The molecule has 4 amide bonds. The number of rotatable bonds is 12. The van der Waals surface area contributed by atoms with E-state index in [4.69, 9.17) is 4.74 Å². The molecule has 0 aliphatic carbocycles. The summed E-state index contributed by atoms with van der Waals surface area (Å²) in [5.41, 5.74) is 1.89. The van der Waals surface area contributed by atoms with Crippen LogP contribution < -0.4 is 15.4 Å². The number of β-lactam (4-membered cyclic amide) rings is 1. The van der Waals surface area contributed by atoms with Crippen LogP contribution in [-0.2, 0) is 4.79 Å². The molecule has 8 heteroatoms. The zero-order valence-electron chi connectivity index (χ0n) is 25.3. The van der Waals surface area contributed by atoms with Gasteiger partial charge in [-0.2, -0.15) is 0 Å². The molecule has 0 saturated carbocycles. The third-order valence-electron chi connectivity index (χ3n) is 8.45. The summed E-state index contributed by atoms with van der Waals surface area (Å²) in [6.07, 6.45) is 2.00. The number of imide groups is 1. The molecule has 0 radical (unpaired) electrons. The first kappa shape index (κ1) is 31.1. The first-order valence-corrected chi connectivity index (χ1v) is 14.4. The normalized spacial score (nSPS) is 18.5. The molecule has 1 aliphatic heterocycles. The van der Waals surface area contributed by atoms with Crippen LogP contribution in [0.4, 0.5) is 4.79 Å². The van der Waals surface area contributed by atoms with Crippen LogP contribution in [0, 0.1) is 12.3 Å².